The zero-order chi connectivity index (χ0) is 21.2. The van der Waals surface area contributed by atoms with Crippen LogP contribution in [0.4, 0.5) is 0 Å². The Kier molecular flexibility index (Phi) is 6.52. The number of nitrogens with one attached hydrogen (secondary N) is 1. The second-order valence-electron chi connectivity index (χ2n) is 8.82. The molecule has 0 fully saturated rings. The van der Waals surface area contributed by atoms with Crippen LogP contribution in [0.2, 0.25) is 5.02 Å². The number of rotatable bonds is 6. The van der Waals surface area contributed by atoms with Crippen LogP contribution in [0.15, 0.2) is 46.8 Å². The molecule has 4 nitrogen and oxygen atoms in total. The van der Waals surface area contributed by atoms with Gasteiger partial charge in [0.05, 0.1) is 12.2 Å². The normalized spacial score (nSPS) is 21.0. The molecule has 0 aromatic heterocycles. The van der Waals surface area contributed by atoms with Crippen molar-refractivity contribution in [3.63, 3.8) is 0 Å². The Labute approximate surface area is 178 Å². The minimum atomic E-state index is -0.425. The molecule has 0 saturated carbocycles. The van der Waals surface area contributed by atoms with Gasteiger partial charge >= 0.3 is 5.97 Å². The van der Waals surface area contributed by atoms with Gasteiger partial charge in [0.1, 0.15) is 0 Å². The Morgan fingerprint density at radius 3 is 2.55 bits per heavy atom. The molecule has 29 heavy (non-hydrogen) atoms. The molecule has 1 aromatic rings. The third-order valence-corrected chi connectivity index (χ3v) is 5.90. The summed E-state index contributed by atoms with van der Waals surface area (Å²) in [5.41, 5.74) is 3.68. The molecular weight excluding hydrogens is 386 g/mol. The van der Waals surface area contributed by atoms with Crippen LogP contribution in [0.3, 0.4) is 0 Å². The fourth-order valence-corrected chi connectivity index (χ4v) is 4.42. The second-order valence-corrected chi connectivity index (χ2v) is 9.26. The molecule has 0 unspecified atom stereocenters. The van der Waals surface area contributed by atoms with Crippen LogP contribution in [0.1, 0.15) is 71.3 Å². The highest BCUT2D eigenvalue weighted by atomic mass is 35.5. The molecule has 5 heteroatoms. The zero-order valence-electron chi connectivity index (χ0n) is 17.7. The summed E-state index contributed by atoms with van der Waals surface area (Å²) in [6.07, 6.45) is 4.17. The highest BCUT2D eigenvalue weighted by molar-refractivity contribution is 6.30. The molecule has 0 saturated heterocycles. The van der Waals surface area contributed by atoms with Crippen LogP contribution < -0.4 is 5.32 Å². The van der Waals surface area contributed by atoms with Gasteiger partial charge in [0.15, 0.2) is 5.78 Å². The number of halogens is 1. The van der Waals surface area contributed by atoms with E-state index >= 15 is 0 Å². The van der Waals surface area contributed by atoms with Crippen molar-refractivity contribution in [2.75, 3.05) is 6.61 Å². The number of unbranched alkanes of at least 4 members (excludes halogenated alkanes) is 2. The van der Waals surface area contributed by atoms with Crippen molar-refractivity contribution in [2.45, 2.75) is 65.7 Å². The van der Waals surface area contributed by atoms with Crippen LogP contribution in [0.25, 0.3) is 0 Å². The van der Waals surface area contributed by atoms with Gasteiger partial charge in [-0.05, 0) is 42.9 Å². The fourth-order valence-electron chi connectivity index (χ4n) is 4.29. The quantitative estimate of drug-likeness (QED) is 0.479. The minimum Gasteiger partial charge on any atom is -0.462 e. The third-order valence-electron chi connectivity index (χ3n) is 5.64. The molecule has 1 atom stereocenters. The number of Topliss-reactive ketones (excluding diaryl/α,β-unsaturated/α-hetero) is 1. The first-order chi connectivity index (χ1) is 13.7. The highest BCUT2D eigenvalue weighted by Gasteiger charge is 2.43. The molecule has 2 aliphatic rings. The molecule has 1 heterocycles. The summed E-state index contributed by atoms with van der Waals surface area (Å²) in [4.78, 5) is 26.2. The van der Waals surface area contributed by atoms with E-state index in [-0.39, 0.29) is 17.2 Å². The topological polar surface area (TPSA) is 55.4 Å². The predicted molar refractivity (Wildman–Crippen MR) is 116 cm³/mol. The first-order valence-corrected chi connectivity index (χ1v) is 10.8. The monoisotopic (exact) mass is 415 g/mol. The number of ketones is 1. The van der Waals surface area contributed by atoms with Crippen LogP contribution in [0.5, 0.6) is 0 Å². The summed E-state index contributed by atoms with van der Waals surface area (Å²) in [7, 11) is 0. The van der Waals surface area contributed by atoms with E-state index in [2.05, 4.69) is 26.1 Å². The van der Waals surface area contributed by atoms with E-state index in [0.29, 0.717) is 29.2 Å². The minimum absolute atomic E-state index is 0.0903. The first-order valence-electron chi connectivity index (χ1n) is 10.4. The fraction of sp³-hybridized carbons (Fsp3) is 0.500. The van der Waals surface area contributed by atoms with Gasteiger partial charge in [0, 0.05) is 34.3 Å². The SMILES string of the molecule is CCCCCOC(=O)C1=C(C)NC2=C(C(=O)CC(C)(C)C2)[C@@H]1c1ccc(Cl)cc1. The number of benzene rings is 1. The molecule has 0 amide bonds. The Morgan fingerprint density at radius 2 is 1.90 bits per heavy atom. The summed E-state index contributed by atoms with van der Waals surface area (Å²) in [6, 6.07) is 7.40. The summed E-state index contributed by atoms with van der Waals surface area (Å²) < 4.78 is 5.59. The average Bonchev–Trinajstić information content (AvgIpc) is 2.63. The lowest BCUT2D eigenvalue weighted by molar-refractivity contribution is -0.139. The summed E-state index contributed by atoms with van der Waals surface area (Å²) in [5.74, 6) is -0.687. The van der Waals surface area contributed by atoms with Crippen molar-refractivity contribution in [3.05, 3.63) is 57.4 Å². The number of allylic oxidation sites excluding steroid dienone is 3. The van der Waals surface area contributed by atoms with Gasteiger partial charge in [-0.1, -0.05) is 57.3 Å². The van der Waals surface area contributed by atoms with Crippen LogP contribution in [-0.2, 0) is 14.3 Å². The van der Waals surface area contributed by atoms with Crippen molar-refractivity contribution < 1.29 is 14.3 Å². The number of ether oxygens (including phenoxy) is 1. The first kappa shape index (κ1) is 21.6. The average molecular weight is 416 g/mol. The summed E-state index contributed by atoms with van der Waals surface area (Å²) in [5, 5.41) is 3.98. The standard InChI is InChI=1S/C24H30ClNO3/c1-5-6-7-12-29-23(28)20-15(2)26-18-13-24(3,4)14-19(27)22(18)21(20)16-8-10-17(25)11-9-16/h8-11,21,26H,5-7,12-14H2,1-4H3/t21-/m1/s1. The van der Waals surface area contributed by atoms with E-state index in [4.69, 9.17) is 16.3 Å². The smallest absolute Gasteiger partial charge is 0.336 e. The van der Waals surface area contributed by atoms with E-state index < -0.39 is 5.92 Å². The molecule has 0 bridgehead atoms. The maximum atomic E-state index is 13.2. The lowest BCUT2D eigenvalue weighted by Crippen LogP contribution is -2.38. The molecule has 3 rings (SSSR count). The third kappa shape index (κ3) is 4.75. The van der Waals surface area contributed by atoms with Gasteiger partial charge in [-0.25, -0.2) is 4.79 Å². The Bertz CT molecular complexity index is 865. The molecule has 0 radical (unpaired) electrons. The van der Waals surface area contributed by atoms with Crippen molar-refractivity contribution >= 4 is 23.4 Å². The molecule has 1 aromatic carbocycles. The van der Waals surface area contributed by atoms with Crippen LogP contribution >= 0.6 is 11.6 Å². The Morgan fingerprint density at radius 1 is 1.21 bits per heavy atom. The number of hydrogen-bond donors (Lipinski definition) is 1. The number of carbonyl (C=O) groups excluding carboxylic acids is 2. The van der Waals surface area contributed by atoms with Crippen molar-refractivity contribution in [1.82, 2.24) is 5.32 Å². The van der Waals surface area contributed by atoms with Gasteiger partial charge in [-0.3, -0.25) is 4.79 Å². The summed E-state index contributed by atoms with van der Waals surface area (Å²) in [6.45, 7) is 8.60. The van der Waals surface area contributed by atoms with E-state index in [0.717, 1.165) is 42.6 Å². The number of dihydropyridines is 1. The van der Waals surface area contributed by atoms with E-state index in [9.17, 15) is 9.59 Å². The predicted octanol–water partition coefficient (Wildman–Crippen LogP) is 5.68. The van der Waals surface area contributed by atoms with Crippen molar-refractivity contribution in [2.24, 2.45) is 5.41 Å². The van der Waals surface area contributed by atoms with E-state index in [1.54, 1.807) is 12.1 Å². The van der Waals surface area contributed by atoms with Crippen LogP contribution in [0, 0.1) is 5.41 Å². The molecule has 1 aliphatic heterocycles. The largest absolute Gasteiger partial charge is 0.462 e. The molecular formula is C24H30ClNO3. The van der Waals surface area contributed by atoms with Gasteiger partial charge < -0.3 is 10.1 Å². The maximum Gasteiger partial charge on any atom is 0.336 e. The Balaban J connectivity index is 2.01. The number of hydrogen-bond acceptors (Lipinski definition) is 4. The lowest BCUT2D eigenvalue weighted by Gasteiger charge is -2.39. The van der Waals surface area contributed by atoms with Crippen molar-refractivity contribution in [3.8, 4) is 0 Å². The second kappa shape index (κ2) is 8.74. The van der Waals surface area contributed by atoms with Gasteiger partial charge in [0.25, 0.3) is 0 Å². The summed E-state index contributed by atoms with van der Waals surface area (Å²) >= 11 is 6.08. The lowest BCUT2D eigenvalue weighted by atomic mass is 9.68. The molecule has 1 aliphatic carbocycles. The van der Waals surface area contributed by atoms with Gasteiger partial charge in [-0.15, -0.1) is 0 Å². The molecule has 0 spiro atoms. The number of carbonyl (C=O) groups is 2. The van der Waals surface area contributed by atoms with Crippen molar-refractivity contribution in [1.29, 1.82) is 0 Å². The van der Waals surface area contributed by atoms with Crippen LogP contribution in [-0.4, -0.2) is 18.4 Å². The zero-order valence-corrected chi connectivity index (χ0v) is 18.5. The highest BCUT2D eigenvalue weighted by Crippen LogP contribution is 2.46. The van der Waals surface area contributed by atoms with E-state index in [1.165, 1.54) is 0 Å². The molecule has 156 valence electrons. The molecule has 1 N–H and O–H groups in total. The van der Waals surface area contributed by atoms with E-state index in [1.807, 2.05) is 19.1 Å². The Hall–Kier alpha value is -2.07. The maximum absolute atomic E-state index is 13.2. The number of esters is 1. The van der Waals surface area contributed by atoms with Gasteiger partial charge in [0.2, 0.25) is 0 Å². The van der Waals surface area contributed by atoms with Gasteiger partial charge in [-0.2, -0.15) is 0 Å².